The summed E-state index contributed by atoms with van der Waals surface area (Å²) in [5.41, 5.74) is 10.5. The van der Waals surface area contributed by atoms with Crippen LogP contribution in [0, 0.1) is 0 Å². The summed E-state index contributed by atoms with van der Waals surface area (Å²) in [6.45, 7) is 5.31. The summed E-state index contributed by atoms with van der Waals surface area (Å²) in [4.78, 5) is 14.6. The fraction of sp³-hybridized carbons (Fsp3) is 0.350. The number of benzene rings is 2. The second kappa shape index (κ2) is 7.05. The van der Waals surface area contributed by atoms with Crippen LogP contribution < -0.4 is 16.0 Å². The van der Waals surface area contributed by atoms with Crippen molar-refractivity contribution in [2.75, 3.05) is 23.3 Å². The molecule has 126 valence electrons. The Balaban J connectivity index is 1.70. The van der Waals surface area contributed by atoms with Crippen LogP contribution in [-0.2, 0) is 11.2 Å². The van der Waals surface area contributed by atoms with E-state index in [2.05, 4.69) is 42.3 Å². The zero-order chi connectivity index (χ0) is 17.1. The molecule has 4 nitrogen and oxygen atoms in total. The van der Waals surface area contributed by atoms with Crippen molar-refractivity contribution in [3.63, 3.8) is 0 Å². The third-order valence-electron chi connectivity index (χ3n) is 4.44. The number of nitrogens with zero attached hydrogens (tertiary/aromatic N) is 1. The zero-order valence-corrected chi connectivity index (χ0v) is 14.3. The van der Waals surface area contributed by atoms with Gasteiger partial charge < -0.3 is 16.0 Å². The van der Waals surface area contributed by atoms with Crippen molar-refractivity contribution in [1.82, 2.24) is 0 Å². The summed E-state index contributed by atoms with van der Waals surface area (Å²) < 4.78 is 0. The molecule has 0 saturated carbocycles. The van der Waals surface area contributed by atoms with E-state index in [1.165, 1.54) is 11.1 Å². The Morgan fingerprint density at radius 1 is 1.25 bits per heavy atom. The summed E-state index contributed by atoms with van der Waals surface area (Å²) in [6, 6.07) is 16.3. The van der Waals surface area contributed by atoms with E-state index in [1.54, 1.807) is 0 Å². The Labute approximate surface area is 143 Å². The number of hydrogen-bond acceptors (Lipinski definition) is 3. The van der Waals surface area contributed by atoms with Gasteiger partial charge in [0.1, 0.15) is 0 Å². The van der Waals surface area contributed by atoms with Gasteiger partial charge in [-0.25, -0.2) is 0 Å². The molecule has 1 amide bonds. The van der Waals surface area contributed by atoms with Crippen LogP contribution in [0.3, 0.4) is 0 Å². The molecule has 1 aliphatic heterocycles. The second-order valence-electron chi connectivity index (χ2n) is 6.80. The maximum Gasteiger partial charge on any atom is 0.243 e. The normalized spacial score (nSPS) is 16.8. The molecule has 0 spiro atoms. The number of anilines is 2. The number of para-hydroxylation sites is 1. The molecule has 3 N–H and O–H groups in total. The van der Waals surface area contributed by atoms with Gasteiger partial charge in [-0.2, -0.15) is 0 Å². The minimum Gasteiger partial charge on any atom is -0.360 e. The van der Waals surface area contributed by atoms with Crippen LogP contribution in [0.5, 0.6) is 0 Å². The van der Waals surface area contributed by atoms with Crippen molar-refractivity contribution in [3.8, 4) is 0 Å². The van der Waals surface area contributed by atoms with Crippen molar-refractivity contribution in [1.29, 1.82) is 0 Å². The lowest BCUT2D eigenvalue weighted by Gasteiger charge is -2.34. The monoisotopic (exact) mass is 323 g/mol. The highest BCUT2D eigenvalue weighted by Crippen LogP contribution is 2.26. The predicted molar refractivity (Wildman–Crippen MR) is 99.5 cm³/mol. The number of hydrogen-bond donors (Lipinski definition) is 2. The Morgan fingerprint density at radius 2 is 2.04 bits per heavy atom. The van der Waals surface area contributed by atoms with E-state index in [1.807, 2.05) is 30.3 Å². The number of amides is 1. The molecule has 4 heteroatoms. The molecule has 0 radical (unpaired) electrons. The average Bonchev–Trinajstić information content (AvgIpc) is 2.54. The molecule has 1 heterocycles. The van der Waals surface area contributed by atoms with Gasteiger partial charge in [-0.15, -0.1) is 0 Å². The van der Waals surface area contributed by atoms with Crippen molar-refractivity contribution >= 4 is 17.3 Å². The predicted octanol–water partition coefficient (Wildman–Crippen LogP) is 3.14. The maximum atomic E-state index is 12.5. The lowest BCUT2D eigenvalue weighted by atomic mass is 9.98. The number of nitrogens with one attached hydrogen (secondary N) is 1. The molecule has 0 bridgehead atoms. The molecule has 2 aromatic rings. The molecular formula is C20H25N3O. The first kappa shape index (κ1) is 16.5. The maximum absolute atomic E-state index is 12.5. The van der Waals surface area contributed by atoms with E-state index in [-0.39, 0.29) is 11.9 Å². The summed E-state index contributed by atoms with van der Waals surface area (Å²) in [7, 11) is 0. The van der Waals surface area contributed by atoms with E-state index in [0.29, 0.717) is 19.0 Å². The van der Waals surface area contributed by atoms with E-state index >= 15 is 0 Å². The summed E-state index contributed by atoms with van der Waals surface area (Å²) in [5, 5.41) is 3.01. The first-order chi connectivity index (χ1) is 11.5. The third-order valence-corrected chi connectivity index (χ3v) is 4.44. The Hall–Kier alpha value is -2.33. The van der Waals surface area contributed by atoms with Gasteiger partial charge >= 0.3 is 0 Å². The van der Waals surface area contributed by atoms with Crippen molar-refractivity contribution < 1.29 is 4.79 Å². The van der Waals surface area contributed by atoms with Gasteiger partial charge in [0, 0.05) is 24.0 Å². The smallest absolute Gasteiger partial charge is 0.243 e. The quantitative estimate of drug-likeness (QED) is 0.909. The molecule has 0 aromatic heterocycles. The van der Waals surface area contributed by atoms with Crippen molar-refractivity contribution in [2.45, 2.75) is 32.2 Å². The Bertz CT molecular complexity index is 726. The van der Waals surface area contributed by atoms with E-state index in [0.717, 1.165) is 17.8 Å². The minimum absolute atomic E-state index is 0.0141. The SMILES string of the molecule is CC(C)c1cccc(NC(=O)CN2CC(N)Cc3ccccc32)c1. The fourth-order valence-electron chi connectivity index (χ4n) is 3.22. The number of carbonyl (C=O) groups excluding carboxylic acids is 1. The van der Waals surface area contributed by atoms with Crippen LogP contribution in [0.4, 0.5) is 11.4 Å². The van der Waals surface area contributed by atoms with E-state index in [9.17, 15) is 4.79 Å². The Kier molecular flexibility index (Phi) is 4.86. The van der Waals surface area contributed by atoms with Crippen LogP contribution in [0.2, 0.25) is 0 Å². The average molecular weight is 323 g/mol. The van der Waals surface area contributed by atoms with Crippen LogP contribution >= 0.6 is 0 Å². The molecule has 1 unspecified atom stereocenters. The third kappa shape index (κ3) is 3.77. The minimum atomic E-state index is -0.0141. The zero-order valence-electron chi connectivity index (χ0n) is 14.3. The first-order valence-electron chi connectivity index (χ1n) is 8.51. The summed E-state index contributed by atoms with van der Waals surface area (Å²) in [6.07, 6.45) is 0.866. The van der Waals surface area contributed by atoms with Crippen molar-refractivity contribution in [2.24, 2.45) is 5.73 Å². The number of rotatable bonds is 4. The van der Waals surface area contributed by atoms with Crippen LogP contribution in [0.15, 0.2) is 48.5 Å². The highest BCUT2D eigenvalue weighted by molar-refractivity contribution is 5.94. The van der Waals surface area contributed by atoms with Crippen molar-refractivity contribution in [3.05, 3.63) is 59.7 Å². The topological polar surface area (TPSA) is 58.4 Å². The van der Waals surface area contributed by atoms with Gasteiger partial charge in [-0.3, -0.25) is 4.79 Å². The molecule has 24 heavy (non-hydrogen) atoms. The molecular weight excluding hydrogens is 298 g/mol. The van der Waals surface area contributed by atoms with E-state index in [4.69, 9.17) is 5.73 Å². The van der Waals surface area contributed by atoms with Crippen LogP contribution in [0.25, 0.3) is 0 Å². The number of carbonyl (C=O) groups is 1. The lowest BCUT2D eigenvalue weighted by molar-refractivity contribution is -0.115. The highest BCUT2D eigenvalue weighted by atomic mass is 16.2. The van der Waals surface area contributed by atoms with Gasteiger partial charge in [0.25, 0.3) is 0 Å². The second-order valence-corrected chi connectivity index (χ2v) is 6.80. The van der Waals surface area contributed by atoms with Gasteiger partial charge in [0.05, 0.1) is 6.54 Å². The van der Waals surface area contributed by atoms with Gasteiger partial charge in [-0.05, 0) is 41.7 Å². The van der Waals surface area contributed by atoms with Gasteiger partial charge in [0.15, 0.2) is 0 Å². The standard InChI is InChI=1S/C20H25N3O/c1-14(2)15-7-5-8-18(11-15)22-20(24)13-23-12-17(21)10-16-6-3-4-9-19(16)23/h3-9,11,14,17H,10,12-13,21H2,1-2H3,(H,22,24). The van der Waals surface area contributed by atoms with E-state index < -0.39 is 0 Å². The molecule has 2 aromatic carbocycles. The Morgan fingerprint density at radius 3 is 2.83 bits per heavy atom. The summed E-state index contributed by atoms with van der Waals surface area (Å²) in [5.74, 6) is 0.425. The lowest BCUT2D eigenvalue weighted by Crippen LogP contribution is -2.46. The number of fused-ring (bicyclic) bond motifs is 1. The fourth-order valence-corrected chi connectivity index (χ4v) is 3.22. The summed E-state index contributed by atoms with van der Waals surface area (Å²) >= 11 is 0. The first-order valence-corrected chi connectivity index (χ1v) is 8.51. The highest BCUT2D eigenvalue weighted by Gasteiger charge is 2.23. The largest absolute Gasteiger partial charge is 0.360 e. The van der Waals surface area contributed by atoms with Crippen LogP contribution in [-0.4, -0.2) is 25.0 Å². The molecule has 3 rings (SSSR count). The molecule has 0 aliphatic carbocycles. The molecule has 1 aliphatic rings. The van der Waals surface area contributed by atoms with Gasteiger partial charge in [-0.1, -0.05) is 44.2 Å². The van der Waals surface area contributed by atoms with Gasteiger partial charge in [0.2, 0.25) is 5.91 Å². The molecule has 0 saturated heterocycles. The molecule has 0 fully saturated rings. The number of nitrogens with two attached hydrogens (primary N) is 1. The molecule has 1 atom stereocenters. The van der Waals surface area contributed by atoms with Crippen LogP contribution in [0.1, 0.15) is 30.9 Å².